The van der Waals surface area contributed by atoms with E-state index in [1.54, 1.807) is 0 Å². The van der Waals surface area contributed by atoms with Gasteiger partial charge >= 0.3 is 0 Å². The van der Waals surface area contributed by atoms with E-state index in [4.69, 9.17) is 28.9 Å². The zero-order chi connectivity index (χ0) is 15.6. The largest absolute Gasteiger partial charge is 0.398 e. The summed E-state index contributed by atoms with van der Waals surface area (Å²) < 4.78 is 27.7. The van der Waals surface area contributed by atoms with Crippen molar-refractivity contribution in [2.45, 2.75) is 50.0 Å². The highest BCUT2D eigenvalue weighted by Crippen LogP contribution is 2.32. The predicted octanol–water partition coefficient (Wildman–Crippen LogP) is 3.82. The number of nitrogens with one attached hydrogen (secondary N) is 1. The Morgan fingerprint density at radius 1 is 1.24 bits per heavy atom. The topological polar surface area (TPSA) is 72.2 Å². The maximum absolute atomic E-state index is 12.5. The van der Waals surface area contributed by atoms with Crippen molar-refractivity contribution in [3.63, 3.8) is 0 Å². The number of halogens is 2. The lowest BCUT2D eigenvalue weighted by Gasteiger charge is -2.28. The third kappa shape index (κ3) is 4.03. The number of nitrogens with two attached hydrogens (primary N) is 1. The zero-order valence-electron chi connectivity index (χ0n) is 11.9. The van der Waals surface area contributed by atoms with Crippen LogP contribution in [0.2, 0.25) is 10.0 Å². The Hall–Kier alpha value is -0.490. The minimum absolute atomic E-state index is 0.0448. The highest BCUT2D eigenvalue weighted by atomic mass is 35.5. The van der Waals surface area contributed by atoms with Crippen molar-refractivity contribution < 1.29 is 8.42 Å². The average molecular weight is 351 g/mol. The molecule has 0 aromatic heterocycles. The average Bonchev–Trinajstić information content (AvgIpc) is 2.37. The van der Waals surface area contributed by atoms with Gasteiger partial charge in [0, 0.05) is 11.1 Å². The molecule has 1 aromatic rings. The van der Waals surface area contributed by atoms with Gasteiger partial charge in [0.25, 0.3) is 0 Å². The van der Waals surface area contributed by atoms with E-state index >= 15 is 0 Å². The number of sulfonamides is 1. The summed E-state index contributed by atoms with van der Waals surface area (Å²) in [5, 5.41) is 0.361. The van der Waals surface area contributed by atoms with Crippen LogP contribution in [0.15, 0.2) is 17.0 Å². The summed E-state index contributed by atoms with van der Waals surface area (Å²) in [6.07, 6.45) is 5.63. The van der Waals surface area contributed by atoms with Gasteiger partial charge in [-0.25, -0.2) is 13.1 Å². The van der Waals surface area contributed by atoms with Crippen LogP contribution in [-0.4, -0.2) is 14.5 Å². The van der Waals surface area contributed by atoms with E-state index in [9.17, 15) is 8.42 Å². The number of nitrogen functional groups attached to an aromatic ring is 1. The Balaban J connectivity index is 2.22. The van der Waals surface area contributed by atoms with Gasteiger partial charge in [-0.2, -0.15) is 0 Å². The van der Waals surface area contributed by atoms with E-state index in [-0.39, 0.29) is 21.6 Å². The normalized spacial score (nSPS) is 18.6. The molecule has 1 atom stereocenters. The molecule has 0 radical (unpaired) electrons. The zero-order valence-corrected chi connectivity index (χ0v) is 14.2. The standard InChI is InChI=1S/C14H20Cl2N2O2S/c1-9(10-5-3-2-4-6-10)18-21(19,20)14-12(16)7-11(15)8-13(14)17/h7-10,18H,2-6,17H2,1H3. The monoisotopic (exact) mass is 350 g/mol. The van der Waals surface area contributed by atoms with Crippen LogP contribution < -0.4 is 10.5 Å². The second-order valence-electron chi connectivity index (χ2n) is 5.61. The summed E-state index contributed by atoms with van der Waals surface area (Å²) in [6, 6.07) is 2.65. The number of hydrogen-bond acceptors (Lipinski definition) is 3. The molecule has 3 N–H and O–H groups in total. The molecule has 1 saturated carbocycles. The molecular formula is C14H20Cl2N2O2S. The van der Waals surface area contributed by atoms with Gasteiger partial charge in [-0.05, 0) is 37.8 Å². The quantitative estimate of drug-likeness (QED) is 0.810. The summed E-state index contributed by atoms with van der Waals surface area (Å²) in [4.78, 5) is -0.0868. The molecule has 1 unspecified atom stereocenters. The van der Waals surface area contributed by atoms with Gasteiger partial charge in [-0.3, -0.25) is 0 Å². The number of benzene rings is 1. The lowest BCUT2D eigenvalue weighted by Crippen LogP contribution is -2.39. The van der Waals surface area contributed by atoms with Gasteiger partial charge in [-0.15, -0.1) is 0 Å². The van der Waals surface area contributed by atoms with Crippen LogP contribution in [-0.2, 0) is 10.0 Å². The highest BCUT2D eigenvalue weighted by molar-refractivity contribution is 7.89. The van der Waals surface area contributed by atoms with Gasteiger partial charge in [-0.1, -0.05) is 42.5 Å². The van der Waals surface area contributed by atoms with Crippen molar-refractivity contribution in [1.82, 2.24) is 4.72 Å². The fourth-order valence-electron chi connectivity index (χ4n) is 2.90. The van der Waals surface area contributed by atoms with Crippen molar-refractivity contribution in [1.29, 1.82) is 0 Å². The lowest BCUT2D eigenvalue weighted by atomic mass is 9.85. The minimum Gasteiger partial charge on any atom is -0.398 e. The molecule has 4 nitrogen and oxygen atoms in total. The predicted molar refractivity (Wildman–Crippen MR) is 87.2 cm³/mol. The molecule has 0 spiro atoms. The van der Waals surface area contributed by atoms with E-state index < -0.39 is 10.0 Å². The van der Waals surface area contributed by atoms with E-state index in [0.717, 1.165) is 25.7 Å². The van der Waals surface area contributed by atoms with Crippen molar-refractivity contribution >= 4 is 38.9 Å². The van der Waals surface area contributed by atoms with Crippen molar-refractivity contribution in [3.05, 3.63) is 22.2 Å². The van der Waals surface area contributed by atoms with E-state index in [2.05, 4.69) is 4.72 Å². The Labute approximate surface area is 136 Å². The Morgan fingerprint density at radius 3 is 2.43 bits per heavy atom. The summed E-state index contributed by atoms with van der Waals surface area (Å²) in [6.45, 7) is 1.90. The number of hydrogen-bond donors (Lipinski definition) is 2. The molecule has 118 valence electrons. The molecule has 1 aromatic carbocycles. The maximum atomic E-state index is 12.5. The van der Waals surface area contributed by atoms with Crippen LogP contribution in [0.4, 0.5) is 5.69 Å². The van der Waals surface area contributed by atoms with Crippen molar-refractivity contribution in [3.8, 4) is 0 Å². The Morgan fingerprint density at radius 2 is 1.86 bits per heavy atom. The third-order valence-corrected chi connectivity index (χ3v) is 6.31. The van der Waals surface area contributed by atoms with Crippen LogP contribution in [0.5, 0.6) is 0 Å². The molecule has 0 heterocycles. The van der Waals surface area contributed by atoms with Gasteiger partial charge < -0.3 is 5.73 Å². The molecule has 2 rings (SSSR count). The smallest absolute Gasteiger partial charge is 0.244 e. The highest BCUT2D eigenvalue weighted by Gasteiger charge is 2.28. The van der Waals surface area contributed by atoms with E-state index in [1.807, 2.05) is 6.92 Å². The first-order valence-electron chi connectivity index (χ1n) is 7.08. The first-order chi connectivity index (χ1) is 9.81. The molecule has 1 fully saturated rings. The SMILES string of the molecule is CC(NS(=O)(=O)c1c(N)cc(Cl)cc1Cl)C1CCCCC1. The molecule has 1 aliphatic carbocycles. The van der Waals surface area contributed by atoms with Gasteiger partial charge in [0.2, 0.25) is 10.0 Å². The van der Waals surface area contributed by atoms with Crippen molar-refractivity contribution in [2.75, 3.05) is 5.73 Å². The summed E-state index contributed by atoms with van der Waals surface area (Å²) in [7, 11) is -3.75. The molecular weight excluding hydrogens is 331 g/mol. The van der Waals surface area contributed by atoms with Crippen molar-refractivity contribution in [2.24, 2.45) is 5.92 Å². The van der Waals surface area contributed by atoms with E-state index in [0.29, 0.717) is 10.9 Å². The third-order valence-electron chi connectivity index (χ3n) is 4.00. The molecule has 0 aliphatic heterocycles. The van der Waals surface area contributed by atoms with Crippen LogP contribution in [0.1, 0.15) is 39.0 Å². The van der Waals surface area contributed by atoms with Crippen LogP contribution in [0.3, 0.4) is 0 Å². The maximum Gasteiger partial charge on any atom is 0.244 e. The van der Waals surface area contributed by atoms with Gasteiger partial charge in [0.1, 0.15) is 4.90 Å². The second kappa shape index (κ2) is 6.73. The van der Waals surface area contributed by atoms with Gasteiger partial charge in [0.05, 0.1) is 10.7 Å². The first kappa shape index (κ1) is 16.9. The molecule has 0 saturated heterocycles. The molecule has 1 aliphatic rings. The molecule has 7 heteroatoms. The fraction of sp³-hybridized carbons (Fsp3) is 0.571. The number of anilines is 1. The summed E-state index contributed by atoms with van der Waals surface area (Å²) in [5.41, 5.74) is 5.84. The molecule has 0 bridgehead atoms. The fourth-order valence-corrected chi connectivity index (χ4v) is 5.20. The van der Waals surface area contributed by atoms with Crippen LogP contribution in [0.25, 0.3) is 0 Å². The second-order valence-corrected chi connectivity index (χ2v) is 8.11. The van der Waals surface area contributed by atoms with Crippen LogP contribution >= 0.6 is 23.2 Å². The summed E-state index contributed by atoms with van der Waals surface area (Å²) in [5.74, 6) is 0.362. The first-order valence-corrected chi connectivity index (χ1v) is 9.32. The molecule has 0 amide bonds. The van der Waals surface area contributed by atoms with Gasteiger partial charge in [0.15, 0.2) is 0 Å². The lowest BCUT2D eigenvalue weighted by molar-refractivity contribution is 0.303. The van der Waals surface area contributed by atoms with E-state index in [1.165, 1.54) is 18.6 Å². The summed E-state index contributed by atoms with van der Waals surface area (Å²) >= 11 is 11.8. The Bertz CT molecular complexity index is 590. The van der Waals surface area contributed by atoms with Crippen LogP contribution in [0, 0.1) is 5.92 Å². The molecule has 21 heavy (non-hydrogen) atoms. The Kier molecular flexibility index (Phi) is 5.41. The minimum atomic E-state index is -3.75. The number of rotatable bonds is 4.